The lowest BCUT2D eigenvalue weighted by atomic mass is 10.2. The summed E-state index contributed by atoms with van der Waals surface area (Å²) >= 11 is 0. The molecule has 0 unspecified atom stereocenters. The molecule has 0 spiro atoms. The van der Waals surface area contributed by atoms with Crippen LogP contribution in [0.4, 0.5) is 4.39 Å². The second kappa shape index (κ2) is 7.25. The molecular formula is C19H13FN2O2. The van der Waals surface area contributed by atoms with Crippen molar-refractivity contribution in [1.82, 2.24) is 4.98 Å². The van der Waals surface area contributed by atoms with Crippen molar-refractivity contribution in [3.05, 3.63) is 83.8 Å². The fourth-order valence-corrected chi connectivity index (χ4v) is 2.02. The molecule has 0 aliphatic rings. The van der Waals surface area contributed by atoms with Crippen molar-refractivity contribution in [1.29, 1.82) is 5.26 Å². The maximum Gasteiger partial charge on any atom is 0.219 e. The Balaban J connectivity index is 1.59. The van der Waals surface area contributed by atoms with Crippen molar-refractivity contribution in [2.24, 2.45) is 0 Å². The molecule has 0 amide bonds. The number of pyridine rings is 1. The number of halogens is 1. The van der Waals surface area contributed by atoms with Gasteiger partial charge in [0, 0.05) is 12.3 Å². The van der Waals surface area contributed by atoms with E-state index in [-0.39, 0.29) is 12.4 Å². The Bertz CT molecular complexity index is 856. The lowest BCUT2D eigenvalue weighted by molar-refractivity contribution is 0.305. The topological polar surface area (TPSA) is 55.1 Å². The number of hydrogen-bond donors (Lipinski definition) is 0. The van der Waals surface area contributed by atoms with E-state index >= 15 is 0 Å². The van der Waals surface area contributed by atoms with E-state index in [2.05, 4.69) is 4.98 Å². The van der Waals surface area contributed by atoms with Crippen LogP contribution in [-0.4, -0.2) is 4.98 Å². The van der Waals surface area contributed by atoms with Crippen LogP contribution in [0.2, 0.25) is 0 Å². The normalized spacial score (nSPS) is 10.0. The maximum atomic E-state index is 13.1. The molecule has 24 heavy (non-hydrogen) atoms. The molecule has 0 saturated carbocycles. The molecule has 0 saturated heterocycles. The van der Waals surface area contributed by atoms with Gasteiger partial charge in [0.25, 0.3) is 0 Å². The van der Waals surface area contributed by atoms with Gasteiger partial charge >= 0.3 is 0 Å². The first-order valence-electron chi connectivity index (χ1n) is 7.24. The van der Waals surface area contributed by atoms with Crippen LogP contribution in [0.15, 0.2) is 66.9 Å². The molecule has 3 rings (SSSR count). The lowest BCUT2D eigenvalue weighted by Crippen LogP contribution is -1.96. The van der Waals surface area contributed by atoms with Gasteiger partial charge in [-0.2, -0.15) is 5.26 Å². The Morgan fingerprint density at radius 2 is 1.79 bits per heavy atom. The first-order chi connectivity index (χ1) is 11.7. The smallest absolute Gasteiger partial charge is 0.219 e. The number of nitrogens with zero attached hydrogens (tertiary/aromatic N) is 2. The molecular weight excluding hydrogens is 307 g/mol. The second-order valence-corrected chi connectivity index (χ2v) is 4.99. The third-order valence-electron chi connectivity index (χ3n) is 3.21. The van der Waals surface area contributed by atoms with Gasteiger partial charge in [-0.05, 0) is 48.0 Å². The van der Waals surface area contributed by atoms with Gasteiger partial charge in [-0.3, -0.25) is 0 Å². The van der Waals surface area contributed by atoms with Crippen molar-refractivity contribution in [3.8, 4) is 23.4 Å². The molecule has 0 atom stereocenters. The predicted octanol–water partition coefficient (Wildman–Crippen LogP) is 4.46. The third-order valence-corrected chi connectivity index (χ3v) is 3.21. The maximum absolute atomic E-state index is 13.1. The van der Waals surface area contributed by atoms with E-state index < -0.39 is 0 Å². The van der Waals surface area contributed by atoms with Gasteiger partial charge in [-0.1, -0.05) is 12.1 Å². The summed E-state index contributed by atoms with van der Waals surface area (Å²) < 4.78 is 24.3. The molecule has 0 bridgehead atoms. The lowest BCUT2D eigenvalue weighted by Gasteiger charge is -2.08. The van der Waals surface area contributed by atoms with Crippen molar-refractivity contribution < 1.29 is 13.9 Å². The monoisotopic (exact) mass is 320 g/mol. The Hall–Kier alpha value is -3.39. The van der Waals surface area contributed by atoms with Gasteiger partial charge in [0.2, 0.25) is 5.88 Å². The Labute approximate surface area is 138 Å². The van der Waals surface area contributed by atoms with Crippen LogP contribution in [0.5, 0.6) is 17.4 Å². The summed E-state index contributed by atoms with van der Waals surface area (Å²) in [4.78, 5) is 4.04. The standard InChI is InChI=1S/C19H13FN2O2/c20-16-3-1-2-14(10-16)13-23-17-5-7-18(8-6-17)24-19-9-4-15(11-21)12-22-19/h1-10,12H,13H2. The highest BCUT2D eigenvalue weighted by atomic mass is 19.1. The first-order valence-corrected chi connectivity index (χ1v) is 7.24. The number of benzene rings is 2. The van der Waals surface area contributed by atoms with Gasteiger partial charge in [-0.25, -0.2) is 9.37 Å². The zero-order valence-corrected chi connectivity index (χ0v) is 12.6. The van der Waals surface area contributed by atoms with E-state index in [1.807, 2.05) is 6.07 Å². The van der Waals surface area contributed by atoms with E-state index in [4.69, 9.17) is 14.7 Å². The van der Waals surface area contributed by atoms with E-state index in [9.17, 15) is 4.39 Å². The Morgan fingerprint density at radius 3 is 2.46 bits per heavy atom. The summed E-state index contributed by atoms with van der Waals surface area (Å²) in [6, 6.07) is 18.6. The summed E-state index contributed by atoms with van der Waals surface area (Å²) in [6.45, 7) is 0.287. The van der Waals surface area contributed by atoms with Crippen LogP contribution in [0, 0.1) is 17.1 Å². The third kappa shape index (κ3) is 4.08. The number of aromatic nitrogens is 1. The van der Waals surface area contributed by atoms with E-state index in [1.165, 1.54) is 18.3 Å². The second-order valence-electron chi connectivity index (χ2n) is 4.99. The molecule has 0 radical (unpaired) electrons. The number of ether oxygens (including phenoxy) is 2. The molecule has 2 aromatic carbocycles. The zero-order chi connectivity index (χ0) is 16.8. The van der Waals surface area contributed by atoms with Gasteiger partial charge in [0.1, 0.15) is 30.0 Å². The summed E-state index contributed by atoms with van der Waals surface area (Å²) in [6.07, 6.45) is 1.45. The molecule has 5 heteroatoms. The van der Waals surface area contributed by atoms with Crippen molar-refractivity contribution >= 4 is 0 Å². The zero-order valence-electron chi connectivity index (χ0n) is 12.6. The number of hydrogen-bond acceptors (Lipinski definition) is 4. The van der Waals surface area contributed by atoms with Gasteiger partial charge in [0.05, 0.1) is 5.56 Å². The Kier molecular flexibility index (Phi) is 4.68. The van der Waals surface area contributed by atoms with Crippen molar-refractivity contribution in [2.75, 3.05) is 0 Å². The molecule has 4 nitrogen and oxygen atoms in total. The van der Waals surface area contributed by atoms with Gasteiger partial charge < -0.3 is 9.47 Å². The molecule has 0 fully saturated rings. The Morgan fingerprint density at radius 1 is 1.00 bits per heavy atom. The molecule has 0 aliphatic carbocycles. The van der Waals surface area contributed by atoms with Crippen LogP contribution in [-0.2, 0) is 6.61 Å². The fourth-order valence-electron chi connectivity index (χ4n) is 2.02. The van der Waals surface area contributed by atoms with E-state index in [0.29, 0.717) is 22.9 Å². The first kappa shape index (κ1) is 15.5. The van der Waals surface area contributed by atoms with Crippen LogP contribution in [0.3, 0.4) is 0 Å². The largest absolute Gasteiger partial charge is 0.489 e. The average Bonchev–Trinajstić information content (AvgIpc) is 2.62. The van der Waals surface area contributed by atoms with Gasteiger partial charge in [-0.15, -0.1) is 0 Å². The SMILES string of the molecule is N#Cc1ccc(Oc2ccc(OCc3cccc(F)c3)cc2)nc1. The number of rotatable bonds is 5. The average molecular weight is 320 g/mol. The quantitative estimate of drug-likeness (QED) is 0.696. The predicted molar refractivity (Wildman–Crippen MR) is 86.2 cm³/mol. The highest BCUT2D eigenvalue weighted by Crippen LogP contribution is 2.23. The minimum absolute atomic E-state index is 0.283. The summed E-state index contributed by atoms with van der Waals surface area (Å²) in [5.41, 5.74) is 1.24. The van der Waals surface area contributed by atoms with Crippen LogP contribution in [0.25, 0.3) is 0 Å². The minimum atomic E-state index is -0.283. The van der Waals surface area contributed by atoms with Crippen molar-refractivity contribution in [3.63, 3.8) is 0 Å². The van der Waals surface area contributed by atoms with E-state index in [0.717, 1.165) is 5.56 Å². The summed E-state index contributed by atoms with van der Waals surface area (Å²) in [7, 11) is 0. The highest BCUT2D eigenvalue weighted by Gasteiger charge is 2.01. The van der Waals surface area contributed by atoms with Crippen LogP contribution < -0.4 is 9.47 Å². The molecule has 1 aromatic heterocycles. The number of nitriles is 1. The minimum Gasteiger partial charge on any atom is -0.489 e. The van der Waals surface area contributed by atoms with Gasteiger partial charge in [0.15, 0.2) is 0 Å². The highest BCUT2D eigenvalue weighted by molar-refractivity contribution is 5.35. The van der Waals surface area contributed by atoms with Crippen LogP contribution in [0.1, 0.15) is 11.1 Å². The molecule has 0 aliphatic heterocycles. The van der Waals surface area contributed by atoms with Crippen LogP contribution >= 0.6 is 0 Å². The fraction of sp³-hybridized carbons (Fsp3) is 0.0526. The summed E-state index contributed by atoms with van der Waals surface area (Å²) in [5.74, 6) is 1.38. The molecule has 1 heterocycles. The molecule has 118 valence electrons. The van der Waals surface area contributed by atoms with E-state index in [1.54, 1.807) is 48.5 Å². The summed E-state index contributed by atoms with van der Waals surface area (Å²) in [5, 5.41) is 8.73. The molecule has 3 aromatic rings. The van der Waals surface area contributed by atoms with Crippen molar-refractivity contribution in [2.45, 2.75) is 6.61 Å². The molecule has 0 N–H and O–H groups in total.